The van der Waals surface area contributed by atoms with Crippen molar-refractivity contribution in [3.63, 3.8) is 0 Å². The number of hydrogen-bond acceptors (Lipinski definition) is 2. The van der Waals surface area contributed by atoms with E-state index >= 15 is 0 Å². The number of allylic oxidation sites excluding steroid dienone is 2. The number of carbonyl (C=O) groups is 1. The van der Waals surface area contributed by atoms with Crippen molar-refractivity contribution >= 4 is 5.78 Å². The normalized spacial score (nSPS) is 29.5. The van der Waals surface area contributed by atoms with Gasteiger partial charge < -0.3 is 0 Å². The predicted octanol–water partition coefficient (Wildman–Crippen LogP) is 1.68. The zero-order valence-electron chi connectivity index (χ0n) is 6.58. The Balaban J connectivity index is 2.73. The lowest BCUT2D eigenvalue weighted by Crippen LogP contribution is -2.21. The molecule has 0 bridgehead atoms. The largest absolute Gasteiger partial charge is 0.300 e. The molecule has 2 unspecified atom stereocenters. The average molecular weight is 149 g/mol. The first-order chi connectivity index (χ1) is 5.25. The maximum atomic E-state index is 11.0. The third-order valence-corrected chi connectivity index (χ3v) is 2.09. The lowest BCUT2D eigenvalue weighted by atomic mass is 9.82. The van der Waals surface area contributed by atoms with Crippen LogP contribution in [0.5, 0.6) is 0 Å². The van der Waals surface area contributed by atoms with Crippen molar-refractivity contribution in [3.05, 3.63) is 12.2 Å². The molecule has 0 aromatic rings. The molecule has 0 spiro atoms. The zero-order chi connectivity index (χ0) is 8.27. The van der Waals surface area contributed by atoms with E-state index in [9.17, 15) is 4.79 Å². The Labute approximate surface area is 66.5 Å². The number of rotatable bonds is 1. The van der Waals surface area contributed by atoms with Gasteiger partial charge in [-0.25, -0.2) is 0 Å². The van der Waals surface area contributed by atoms with E-state index in [1.165, 1.54) is 0 Å². The Morgan fingerprint density at radius 2 is 2.45 bits per heavy atom. The molecule has 0 radical (unpaired) electrons. The molecule has 0 N–H and O–H groups in total. The van der Waals surface area contributed by atoms with Gasteiger partial charge in [-0.1, -0.05) is 12.2 Å². The molecule has 0 saturated carbocycles. The molecule has 0 fully saturated rings. The third kappa shape index (κ3) is 1.68. The average Bonchev–Trinajstić information content (AvgIpc) is 2.04. The van der Waals surface area contributed by atoms with Crippen LogP contribution in [0.4, 0.5) is 0 Å². The van der Waals surface area contributed by atoms with Crippen molar-refractivity contribution in [2.45, 2.75) is 19.8 Å². The van der Waals surface area contributed by atoms with Gasteiger partial charge in [0.1, 0.15) is 5.78 Å². The lowest BCUT2D eigenvalue weighted by Gasteiger charge is -2.18. The maximum Gasteiger partial charge on any atom is 0.134 e. The first kappa shape index (κ1) is 8.00. The summed E-state index contributed by atoms with van der Waals surface area (Å²) < 4.78 is 0. The molecule has 0 aromatic carbocycles. The van der Waals surface area contributed by atoms with E-state index in [4.69, 9.17) is 5.26 Å². The summed E-state index contributed by atoms with van der Waals surface area (Å²) in [6, 6.07) is 2.13. The summed E-state index contributed by atoms with van der Waals surface area (Å²) in [5.41, 5.74) is 0. The third-order valence-electron chi connectivity index (χ3n) is 2.09. The highest BCUT2D eigenvalue weighted by atomic mass is 16.1. The fraction of sp³-hybridized carbons (Fsp3) is 0.556. The van der Waals surface area contributed by atoms with Crippen LogP contribution in [0.2, 0.25) is 0 Å². The maximum absolute atomic E-state index is 11.0. The Morgan fingerprint density at radius 3 is 2.91 bits per heavy atom. The topological polar surface area (TPSA) is 40.9 Å². The molecule has 11 heavy (non-hydrogen) atoms. The standard InChI is InChI=1S/C9H11NO/c1-7(11)9-5-3-2-4-8(9)6-10/h2,4,8-9H,3,5H2,1H3. The minimum atomic E-state index is -0.179. The van der Waals surface area contributed by atoms with Crippen LogP contribution >= 0.6 is 0 Å². The van der Waals surface area contributed by atoms with Crippen molar-refractivity contribution < 1.29 is 4.79 Å². The molecule has 2 heteroatoms. The van der Waals surface area contributed by atoms with Gasteiger partial charge in [-0.3, -0.25) is 4.79 Å². The summed E-state index contributed by atoms with van der Waals surface area (Å²) in [7, 11) is 0. The van der Waals surface area contributed by atoms with Gasteiger partial charge in [-0.2, -0.15) is 5.26 Å². The van der Waals surface area contributed by atoms with Crippen LogP contribution in [-0.4, -0.2) is 5.78 Å². The second kappa shape index (κ2) is 3.34. The van der Waals surface area contributed by atoms with E-state index in [2.05, 4.69) is 6.07 Å². The molecular formula is C9H11NO. The number of hydrogen-bond donors (Lipinski definition) is 0. The van der Waals surface area contributed by atoms with Gasteiger partial charge in [0.2, 0.25) is 0 Å². The second-order valence-corrected chi connectivity index (χ2v) is 2.88. The van der Waals surface area contributed by atoms with E-state index in [0.717, 1.165) is 12.8 Å². The minimum Gasteiger partial charge on any atom is -0.300 e. The number of nitrogens with zero attached hydrogens (tertiary/aromatic N) is 1. The summed E-state index contributed by atoms with van der Waals surface area (Å²) in [6.07, 6.45) is 5.59. The Bertz CT molecular complexity index is 224. The Morgan fingerprint density at radius 1 is 1.73 bits per heavy atom. The molecule has 2 atom stereocenters. The summed E-state index contributed by atoms with van der Waals surface area (Å²) >= 11 is 0. The molecule has 1 aliphatic rings. The van der Waals surface area contributed by atoms with Crippen LogP contribution in [-0.2, 0) is 4.79 Å². The molecule has 2 nitrogen and oxygen atoms in total. The van der Waals surface area contributed by atoms with Crippen molar-refractivity contribution in [1.29, 1.82) is 5.26 Å². The molecule has 1 rings (SSSR count). The fourth-order valence-corrected chi connectivity index (χ4v) is 1.42. The Hall–Kier alpha value is -1.10. The van der Waals surface area contributed by atoms with Crippen LogP contribution in [0.15, 0.2) is 12.2 Å². The highest BCUT2D eigenvalue weighted by Gasteiger charge is 2.24. The molecular weight excluding hydrogens is 138 g/mol. The summed E-state index contributed by atoms with van der Waals surface area (Å²) in [5, 5.41) is 8.66. The van der Waals surface area contributed by atoms with Crippen molar-refractivity contribution in [1.82, 2.24) is 0 Å². The highest BCUT2D eigenvalue weighted by Crippen LogP contribution is 2.24. The van der Waals surface area contributed by atoms with Gasteiger partial charge in [-0.05, 0) is 19.8 Å². The molecule has 0 amide bonds. The van der Waals surface area contributed by atoms with Gasteiger partial charge in [-0.15, -0.1) is 0 Å². The quantitative estimate of drug-likeness (QED) is 0.532. The molecule has 0 aromatic heterocycles. The van der Waals surface area contributed by atoms with E-state index < -0.39 is 0 Å². The van der Waals surface area contributed by atoms with Gasteiger partial charge in [0.15, 0.2) is 0 Å². The van der Waals surface area contributed by atoms with Crippen LogP contribution in [0.1, 0.15) is 19.8 Å². The van der Waals surface area contributed by atoms with Crippen LogP contribution < -0.4 is 0 Å². The molecule has 0 aliphatic heterocycles. The molecule has 58 valence electrons. The first-order valence-corrected chi connectivity index (χ1v) is 3.82. The van der Waals surface area contributed by atoms with Crippen LogP contribution in [0.3, 0.4) is 0 Å². The monoisotopic (exact) mass is 149 g/mol. The van der Waals surface area contributed by atoms with E-state index in [0.29, 0.717) is 0 Å². The van der Waals surface area contributed by atoms with Gasteiger partial charge in [0.05, 0.1) is 12.0 Å². The minimum absolute atomic E-state index is 0.0509. The molecule has 0 saturated heterocycles. The Kier molecular flexibility index (Phi) is 2.43. The summed E-state index contributed by atoms with van der Waals surface area (Å²) in [4.78, 5) is 11.0. The SMILES string of the molecule is CC(=O)C1CCC=CC1C#N. The van der Waals surface area contributed by atoms with Crippen molar-refractivity contribution in [2.24, 2.45) is 11.8 Å². The van der Waals surface area contributed by atoms with E-state index in [1.54, 1.807) is 6.92 Å². The summed E-state index contributed by atoms with van der Waals surface area (Å²) in [5.74, 6) is -0.0906. The fourth-order valence-electron chi connectivity index (χ4n) is 1.42. The predicted molar refractivity (Wildman–Crippen MR) is 41.6 cm³/mol. The van der Waals surface area contributed by atoms with Crippen molar-refractivity contribution in [3.8, 4) is 6.07 Å². The van der Waals surface area contributed by atoms with E-state index in [-0.39, 0.29) is 17.6 Å². The van der Waals surface area contributed by atoms with Crippen molar-refractivity contribution in [2.75, 3.05) is 0 Å². The van der Waals surface area contributed by atoms with Crippen LogP contribution in [0, 0.1) is 23.2 Å². The number of nitriles is 1. The number of ketones is 1. The number of Topliss-reactive ketones (excluding diaryl/α,β-unsaturated/α-hetero) is 1. The van der Waals surface area contributed by atoms with Gasteiger partial charge in [0, 0.05) is 5.92 Å². The lowest BCUT2D eigenvalue weighted by molar-refractivity contribution is -0.121. The second-order valence-electron chi connectivity index (χ2n) is 2.88. The molecule has 1 aliphatic carbocycles. The summed E-state index contributed by atoms with van der Waals surface area (Å²) in [6.45, 7) is 1.56. The van der Waals surface area contributed by atoms with Crippen LogP contribution in [0.25, 0.3) is 0 Å². The zero-order valence-corrected chi connectivity index (χ0v) is 6.58. The first-order valence-electron chi connectivity index (χ1n) is 3.82. The smallest absolute Gasteiger partial charge is 0.134 e. The van der Waals surface area contributed by atoms with Gasteiger partial charge >= 0.3 is 0 Å². The number of carbonyl (C=O) groups excluding carboxylic acids is 1. The van der Waals surface area contributed by atoms with E-state index in [1.807, 2.05) is 12.2 Å². The van der Waals surface area contributed by atoms with Gasteiger partial charge in [0.25, 0.3) is 0 Å². The highest BCUT2D eigenvalue weighted by molar-refractivity contribution is 5.79. The molecule has 0 heterocycles.